The minimum absolute atomic E-state index is 0.494. The molecule has 0 unspecified atom stereocenters. The number of pyridine rings is 1. The van der Waals surface area contributed by atoms with Crippen LogP contribution in [0.2, 0.25) is 0 Å². The van der Waals surface area contributed by atoms with Crippen LogP contribution >= 0.6 is 0 Å². The average Bonchev–Trinajstić information content (AvgIpc) is 3.15. The van der Waals surface area contributed by atoms with Gasteiger partial charge in [0.15, 0.2) is 0 Å². The van der Waals surface area contributed by atoms with E-state index in [-0.39, 0.29) is 0 Å². The number of ether oxygens (including phenoxy) is 1. The van der Waals surface area contributed by atoms with Crippen molar-refractivity contribution < 1.29 is 4.74 Å². The summed E-state index contributed by atoms with van der Waals surface area (Å²) < 4.78 is 5.57. The van der Waals surface area contributed by atoms with Gasteiger partial charge in [-0.15, -0.1) is 0 Å². The third-order valence-corrected chi connectivity index (χ3v) is 4.56. The summed E-state index contributed by atoms with van der Waals surface area (Å²) >= 11 is 0. The lowest BCUT2D eigenvalue weighted by Crippen LogP contribution is -2.22. The molecule has 1 aliphatic heterocycles. The molecule has 110 valence electrons. The minimum atomic E-state index is 0.494. The quantitative estimate of drug-likeness (QED) is 0.823. The molecule has 3 rings (SSSR count). The summed E-state index contributed by atoms with van der Waals surface area (Å²) in [5, 5.41) is 0. The number of hydrogen-bond acceptors (Lipinski definition) is 3. The summed E-state index contributed by atoms with van der Waals surface area (Å²) in [4.78, 5) is 7.43. The van der Waals surface area contributed by atoms with E-state index in [4.69, 9.17) is 9.72 Å². The van der Waals surface area contributed by atoms with Gasteiger partial charge in [-0.05, 0) is 43.9 Å². The van der Waals surface area contributed by atoms with Crippen LogP contribution in [0.5, 0.6) is 0 Å². The normalized spacial score (nSPS) is 22.9. The predicted molar refractivity (Wildman–Crippen MR) is 81.0 cm³/mol. The van der Waals surface area contributed by atoms with Crippen molar-refractivity contribution >= 4 is 0 Å². The third kappa shape index (κ3) is 3.04. The second-order valence-electron chi connectivity index (χ2n) is 6.63. The van der Waals surface area contributed by atoms with Crippen LogP contribution in [-0.2, 0) is 11.3 Å². The summed E-state index contributed by atoms with van der Waals surface area (Å²) in [7, 11) is 2.23. The molecule has 0 radical (unpaired) electrons. The summed E-state index contributed by atoms with van der Waals surface area (Å²) in [5.74, 6) is 1.04. The molecule has 1 aromatic heterocycles. The Labute approximate surface area is 122 Å². The lowest BCUT2D eigenvalue weighted by atomic mass is 9.95. The van der Waals surface area contributed by atoms with E-state index in [0.717, 1.165) is 32.2 Å². The van der Waals surface area contributed by atoms with Crippen LogP contribution in [0.1, 0.15) is 61.9 Å². The summed E-state index contributed by atoms with van der Waals surface area (Å²) in [6.45, 7) is 7.18. The van der Waals surface area contributed by atoms with Crippen molar-refractivity contribution in [2.45, 2.75) is 57.5 Å². The maximum absolute atomic E-state index is 5.57. The van der Waals surface area contributed by atoms with Gasteiger partial charge >= 0.3 is 0 Å². The Morgan fingerprint density at radius 3 is 2.70 bits per heavy atom. The molecule has 20 heavy (non-hydrogen) atoms. The number of hydrogen-bond donors (Lipinski definition) is 0. The van der Waals surface area contributed by atoms with Crippen LogP contribution in [0.3, 0.4) is 0 Å². The molecule has 2 heterocycles. The van der Waals surface area contributed by atoms with E-state index in [2.05, 4.69) is 37.9 Å². The topological polar surface area (TPSA) is 25.4 Å². The van der Waals surface area contributed by atoms with Gasteiger partial charge in [0.2, 0.25) is 0 Å². The molecule has 1 aliphatic carbocycles. The zero-order valence-corrected chi connectivity index (χ0v) is 12.9. The van der Waals surface area contributed by atoms with Crippen molar-refractivity contribution in [2.24, 2.45) is 0 Å². The lowest BCUT2D eigenvalue weighted by Gasteiger charge is -2.21. The molecule has 1 saturated heterocycles. The van der Waals surface area contributed by atoms with E-state index >= 15 is 0 Å². The lowest BCUT2D eigenvalue weighted by molar-refractivity contribution is 0.193. The largest absolute Gasteiger partial charge is 0.381 e. The van der Waals surface area contributed by atoms with E-state index in [9.17, 15) is 0 Å². The fraction of sp³-hybridized carbons (Fsp3) is 0.706. The van der Waals surface area contributed by atoms with E-state index in [1.54, 1.807) is 0 Å². The van der Waals surface area contributed by atoms with Crippen LogP contribution in [0.4, 0.5) is 0 Å². The highest BCUT2D eigenvalue weighted by atomic mass is 16.5. The third-order valence-electron chi connectivity index (χ3n) is 4.56. The first-order valence-corrected chi connectivity index (χ1v) is 7.93. The monoisotopic (exact) mass is 274 g/mol. The van der Waals surface area contributed by atoms with Crippen LogP contribution in [-0.4, -0.2) is 36.2 Å². The maximum atomic E-state index is 5.57. The van der Waals surface area contributed by atoms with Gasteiger partial charge in [0.05, 0.1) is 12.3 Å². The van der Waals surface area contributed by atoms with Gasteiger partial charge in [-0.1, -0.05) is 19.9 Å². The smallest absolute Gasteiger partial charge is 0.0583 e. The Morgan fingerprint density at radius 1 is 1.30 bits per heavy atom. The molecule has 0 N–H and O–H groups in total. The highest BCUT2D eigenvalue weighted by Gasteiger charge is 2.28. The molecule has 1 atom stereocenters. The predicted octanol–water partition coefficient (Wildman–Crippen LogP) is 3.30. The van der Waals surface area contributed by atoms with Gasteiger partial charge in [0.25, 0.3) is 0 Å². The Morgan fingerprint density at radius 2 is 2.10 bits per heavy atom. The SMILES string of the molecule is CC(C)c1ccc([C@@H]2CCOC2)c(CN(C)C2CC2)n1. The Bertz CT molecular complexity index is 462. The van der Waals surface area contributed by atoms with Gasteiger partial charge in [-0.2, -0.15) is 0 Å². The first-order chi connectivity index (χ1) is 9.65. The second-order valence-corrected chi connectivity index (χ2v) is 6.63. The average molecular weight is 274 g/mol. The molecule has 0 spiro atoms. The molecule has 1 saturated carbocycles. The van der Waals surface area contributed by atoms with Gasteiger partial charge in [-0.25, -0.2) is 0 Å². The highest BCUT2D eigenvalue weighted by Crippen LogP contribution is 2.31. The van der Waals surface area contributed by atoms with E-state index in [1.165, 1.54) is 29.8 Å². The highest BCUT2D eigenvalue weighted by molar-refractivity contribution is 5.29. The summed E-state index contributed by atoms with van der Waals surface area (Å²) in [6, 6.07) is 5.30. The van der Waals surface area contributed by atoms with Gasteiger partial charge < -0.3 is 4.74 Å². The molecular formula is C17H26N2O. The van der Waals surface area contributed by atoms with Gasteiger partial charge in [0, 0.05) is 30.8 Å². The molecule has 2 aliphatic rings. The zero-order valence-electron chi connectivity index (χ0n) is 12.9. The van der Waals surface area contributed by atoms with E-state index in [0.29, 0.717) is 11.8 Å². The first kappa shape index (κ1) is 14.0. The molecule has 1 aromatic rings. The van der Waals surface area contributed by atoms with Crippen LogP contribution in [0.25, 0.3) is 0 Å². The summed E-state index contributed by atoms with van der Waals surface area (Å²) in [6.07, 6.45) is 3.84. The molecular weight excluding hydrogens is 248 g/mol. The molecule has 0 aromatic carbocycles. The molecule has 3 heteroatoms. The van der Waals surface area contributed by atoms with Crippen molar-refractivity contribution in [2.75, 3.05) is 20.3 Å². The molecule has 3 nitrogen and oxygen atoms in total. The van der Waals surface area contributed by atoms with Crippen LogP contribution in [0.15, 0.2) is 12.1 Å². The van der Waals surface area contributed by atoms with Crippen LogP contribution < -0.4 is 0 Å². The Balaban J connectivity index is 1.86. The number of rotatable bonds is 5. The number of nitrogens with zero attached hydrogens (tertiary/aromatic N) is 2. The van der Waals surface area contributed by atoms with Crippen molar-refractivity contribution in [3.63, 3.8) is 0 Å². The van der Waals surface area contributed by atoms with E-state index < -0.39 is 0 Å². The van der Waals surface area contributed by atoms with Crippen molar-refractivity contribution in [1.82, 2.24) is 9.88 Å². The molecule has 2 fully saturated rings. The van der Waals surface area contributed by atoms with Gasteiger partial charge in [0.1, 0.15) is 0 Å². The zero-order chi connectivity index (χ0) is 14.1. The fourth-order valence-corrected chi connectivity index (χ4v) is 3.01. The molecule has 0 bridgehead atoms. The van der Waals surface area contributed by atoms with E-state index in [1.807, 2.05) is 0 Å². The second kappa shape index (κ2) is 5.82. The minimum Gasteiger partial charge on any atom is -0.381 e. The fourth-order valence-electron chi connectivity index (χ4n) is 3.01. The standard InChI is InChI=1S/C17H26N2O/c1-12(2)16-7-6-15(13-8-9-20-11-13)17(18-16)10-19(3)14-4-5-14/h6-7,12-14H,4-5,8-11H2,1-3H3/t13-/m1/s1. The maximum Gasteiger partial charge on any atom is 0.0583 e. The van der Waals surface area contributed by atoms with Crippen molar-refractivity contribution in [3.8, 4) is 0 Å². The first-order valence-electron chi connectivity index (χ1n) is 7.93. The molecule has 0 amide bonds. The summed E-state index contributed by atoms with van der Waals surface area (Å²) in [5.41, 5.74) is 3.91. The number of aromatic nitrogens is 1. The van der Waals surface area contributed by atoms with Crippen molar-refractivity contribution in [3.05, 3.63) is 29.1 Å². The van der Waals surface area contributed by atoms with Crippen molar-refractivity contribution in [1.29, 1.82) is 0 Å². The Hall–Kier alpha value is -0.930. The van der Waals surface area contributed by atoms with Crippen LogP contribution in [0, 0.1) is 0 Å². The Kier molecular flexibility index (Phi) is 4.08. The van der Waals surface area contributed by atoms with Gasteiger partial charge in [-0.3, -0.25) is 9.88 Å².